The third kappa shape index (κ3) is 5.32. The van der Waals surface area contributed by atoms with Gasteiger partial charge in [-0.2, -0.15) is 0 Å². The number of nitrogens with one attached hydrogen (secondary N) is 1. The van der Waals surface area contributed by atoms with Gasteiger partial charge in [0.05, 0.1) is 6.04 Å². The largest absolute Gasteiger partial charge is 0.324 e. The first kappa shape index (κ1) is 19.9. The van der Waals surface area contributed by atoms with Crippen molar-refractivity contribution in [2.75, 3.05) is 31.5 Å². The molecule has 1 aliphatic heterocycles. The molecule has 0 saturated carbocycles. The highest BCUT2D eigenvalue weighted by atomic mass is 35.5. The van der Waals surface area contributed by atoms with Crippen LogP contribution in [0.15, 0.2) is 42.5 Å². The van der Waals surface area contributed by atoms with Crippen LogP contribution in [0.1, 0.15) is 23.6 Å². The van der Waals surface area contributed by atoms with Crippen molar-refractivity contribution in [3.63, 3.8) is 0 Å². The lowest BCUT2D eigenvalue weighted by atomic mass is 10.1. The minimum absolute atomic E-state index is 0.0604. The third-order valence-electron chi connectivity index (χ3n) is 5.27. The average Bonchev–Trinajstić information content (AvgIpc) is 2.64. The van der Waals surface area contributed by atoms with Gasteiger partial charge >= 0.3 is 0 Å². The number of benzene rings is 2. The molecule has 0 radical (unpaired) electrons. The molecular formula is C22H28ClN3O. The van der Waals surface area contributed by atoms with E-state index in [0.29, 0.717) is 0 Å². The van der Waals surface area contributed by atoms with Gasteiger partial charge in [0, 0.05) is 43.4 Å². The average molecular weight is 386 g/mol. The van der Waals surface area contributed by atoms with Gasteiger partial charge in [0.2, 0.25) is 5.91 Å². The van der Waals surface area contributed by atoms with E-state index in [9.17, 15) is 4.79 Å². The molecule has 2 aromatic carbocycles. The normalized spacial score (nSPS) is 16.9. The Labute approximate surface area is 167 Å². The maximum atomic E-state index is 12.7. The molecular weight excluding hydrogens is 358 g/mol. The van der Waals surface area contributed by atoms with Crippen LogP contribution in [-0.2, 0) is 11.3 Å². The number of amides is 1. The highest BCUT2D eigenvalue weighted by molar-refractivity contribution is 6.30. The Morgan fingerprint density at radius 2 is 1.85 bits per heavy atom. The summed E-state index contributed by atoms with van der Waals surface area (Å²) in [5.41, 5.74) is 4.44. The van der Waals surface area contributed by atoms with Crippen LogP contribution in [0.4, 0.5) is 5.69 Å². The highest BCUT2D eigenvalue weighted by Gasteiger charge is 2.25. The number of aryl methyl sites for hydroxylation is 2. The summed E-state index contributed by atoms with van der Waals surface area (Å²) in [5, 5.41) is 3.86. The fourth-order valence-corrected chi connectivity index (χ4v) is 3.77. The van der Waals surface area contributed by atoms with Gasteiger partial charge < -0.3 is 5.32 Å². The van der Waals surface area contributed by atoms with E-state index in [4.69, 9.17) is 11.6 Å². The van der Waals surface area contributed by atoms with Gasteiger partial charge in [-0.3, -0.25) is 14.6 Å². The van der Waals surface area contributed by atoms with E-state index in [1.165, 1.54) is 11.1 Å². The van der Waals surface area contributed by atoms with E-state index in [1.54, 1.807) is 0 Å². The number of rotatable bonds is 5. The van der Waals surface area contributed by atoms with Gasteiger partial charge in [0.1, 0.15) is 0 Å². The van der Waals surface area contributed by atoms with Gasteiger partial charge in [0.15, 0.2) is 0 Å². The predicted molar refractivity (Wildman–Crippen MR) is 112 cm³/mol. The molecule has 4 nitrogen and oxygen atoms in total. The number of piperazine rings is 1. The Hall–Kier alpha value is -1.88. The maximum absolute atomic E-state index is 12.7. The van der Waals surface area contributed by atoms with Crippen molar-refractivity contribution in [1.82, 2.24) is 9.80 Å². The highest BCUT2D eigenvalue weighted by Crippen LogP contribution is 2.18. The first-order valence-corrected chi connectivity index (χ1v) is 9.89. The van der Waals surface area contributed by atoms with E-state index in [0.717, 1.165) is 49.0 Å². The number of nitrogens with zero attached hydrogens (tertiary/aromatic N) is 2. The van der Waals surface area contributed by atoms with E-state index in [1.807, 2.05) is 44.2 Å². The summed E-state index contributed by atoms with van der Waals surface area (Å²) >= 11 is 6.08. The zero-order valence-electron chi connectivity index (χ0n) is 16.3. The summed E-state index contributed by atoms with van der Waals surface area (Å²) in [5.74, 6) is 0.0604. The van der Waals surface area contributed by atoms with Crippen LogP contribution >= 0.6 is 11.6 Å². The van der Waals surface area contributed by atoms with Crippen molar-refractivity contribution in [3.05, 3.63) is 64.2 Å². The number of hydrogen-bond acceptors (Lipinski definition) is 3. The lowest BCUT2D eigenvalue weighted by molar-refractivity contribution is -0.121. The number of carbonyl (C=O) groups excluding carboxylic acids is 1. The zero-order valence-corrected chi connectivity index (χ0v) is 17.1. The SMILES string of the molecule is Cc1ccc(NC(=O)C(C)N2CCN(Cc3cccc(Cl)c3)CC2)c(C)c1. The lowest BCUT2D eigenvalue weighted by Crippen LogP contribution is -2.52. The van der Waals surface area contributed by atoms with Crippen LogP contribution in [0, 0.1) is 13.8 Å². The first-order valence-electron chi connectivity index (χ1n) is 9.51. The predicted octanol–water partition coefficient (Wildman–Crippen LogP) is 4.10. The third-order valence-corrected chi connectivity index (χ3v) is 5.50. The maximum Gasteiger partial charge on any atom is 0.241 e. The molecule has 1 N–H and O–H groups in total. The molecule has 2 aromatic rings. The second-order valence-corrected chi connectivity index (χ2v) is 7.86. The summed E-state index contributed by atoms with van der Waals surface area (Å²) in [6, 6.07) is 14.0. The number of halogens is 1. The van der Waals surface area contributed by atoms with Crippen LogP contribution < -0.4 is 5.32 Å². The molecule has 0 aliphatic carbocycles. The lowest BCUT2D eigenvalue weighted by Gasteiger charge is -2.37. The van der Waals surface area contributed by atoms with Gasteiger partial charge in [-0.05, 0) is 50.1 Å². The smallest absolute Gasteiger partial charge is 0.241 e. The molecule has 5 heteroatoms. The van der Waals surface area contributed by atoms with Gasteiger partial charge in [0.25, 0.3) is 0 Å². The fraction of sp³-hybridized carbons (Fsp3) is 0.409. The van der Waals surface area contributed by atoms with Crippen LogP contribution in [-0.4, -0.2) is 47.9 Å². The molecule has 0 spiro atoms. The second-order valence-electron chi connectivity index (χ2n) is 7.43. The van der Waals surface area contributed by atoms with Crippen molar-refractivity contribution in [2.24, 2.45) is 0 Å². The Balaban J connectivity index is 1.51. The molecule has 144 valence electrons. The Morgan fingerprint density at radius 3 is 2.52 bits per heavy atom. The summed E-state index contributed by atoms with van der Waals surface area (Å²) in [6.07, 6.45) is 0. The monoisotopic (exact) mass is 385 g/mol. The fourth-order valence-electron chi connectivity index (χ4n) is 3.56. The summed E-state index contributed by atoms with van der Waals surface area (Å²) in [4.78, 5) is 17.3. The number of hydrogen-bond donors (Lipinski definition) is 1. The Kier molecular flexibility index (Phi) is 6.53. The van der Waals surface area contributed by atoms with Crippen LogP contribution in [0.25, 0.3) is 0 Å². The minimum atomic E-state index is -0.140. The molecule has 3 rings (SSSR count). The van der Waals surface area contributed by atoms with Crippen molar-refractivity contribution in [2.45, 2.75) is 33.4 Å². The van der Waals surface area contributed by atoms with E-state index in [-0.39, 0.29) is 11.9 Å². The Morgan fingerprint density at radius 1 is 1.11 bits per heavy atom. The summed E-state index contributed by atoms with van der Waals surface area (Å²) < 4.78 is 0. The van der Waals surface area contributed by atoms with Gasteiger partial charge in [-0.15, -0.1) is 0 Å². The van der Waals surface area contributed by atoms with Gasteiger partial charge in [-0.1, -0.05) is 41.4 Å². The molecule has 1 unspecified atom stereocenters. The molecule has 1 amide bonds. The number of anilines is 1. The molecule has 0 aromatic heterocycles. The van der Waals surface area contributed by atoms with Crippen LogP contribution in [0.3, 0.4) is 0 Å². The van der Waals surface area contributed by atoms with E-state index in [2.05, 4.69) is 34.2 Å². The quantitative estimate of drug-likeness (QED) is 0.841. The summed E-state index contributed by atoms with van der Waals surface area (Å²) in [6.45, 7) is 10.7. The molecule has 1 saturated heterocycles. The zero-order chi connectivity index (χ0) is 19.4. The molecule has 0 bridgehead atoms. The molecule has 1 fully saturated rings. The van der Waals surface area contributed by atoms with Gasteiger partial charge in [-0.25, -0.2) is 0 Å². The van der Waals surface area contributed by atoms with E-state index >= 15 is 0 Å². The second kappa shape index (κ2) is 8.87. The summed E-state index contributed by atoms with van der Waals surface area (Å²) in [7, 11) is 0. The van der Waals surface area contributed by atoms with Crippen LogP contribution in [0.2, 0.25) is 5.02 Å². The van der Waals surface area contributed by atoms with Crippen molar-refractivity contribution >= 4 is 23.2 Å². The molecule has 1 aliphatic rings. The van der Waals surface area contributed by atoms with Crippen LogP contribution in [0.5, 0.6) is 0 Å². The standard InChI is InChI=1S/C22H28ClN3O/c1-16-7-8-21(17(2)13-16)24-22(27)18(3)26-11-9-25(10-12-26)15-19-5-4-6-20(23)14-19/h4-8,13-14,18H,9-12,15H2,1-3H3,(H,24,27). The Bertz CT molecular complexity index is 800. The molecule has 27 heavy (non-hydrogen) atoms. The van der Waals surface area contributed by atoms with Crippen molar-refractivity contribution in [3.8, 4) is 0 Å². The first-order chi connectivity index (χ1) is 12.9. The van der Waals surface area contributed by atoms with Crippen molar-refractivity contribution in [1.29, 1.82) is 0 Å². The topological polar surface area (TPSA) is 35.6 Å². The molecule has 1 heterocycles. The van der Waals surface area contributed by atoms with Crippen molar-refractivity contribution < 1.29 is 4.79 Å². The number of carbonyl (C=O) groups is 1. The minimum Gasteiger partial charge on any atom is -0.324 e. The molecule has 1 atom stereocenters. The van der Waals surface area contributed by atoms with E-state index < -0.39 is 0 Å².